The largest absolute Gasteiger partial charge is 0.490 e. The second-order valence-corrected chi connectivity index (χ2v) is 9.56. The number of hydrogen-bond acceptors (Lipinski definition) is 7. The molecule has 5 rings (SSSR count). The standard InChI is InChI=1S/C31H32FN5O4/c1-3-40-26-18-22(11-16-25(26)41-19-21-8-5-4-6-9-21)29-28(30(39)34-24-14-12-23(32)13-15-24)20(2)33-31-35-27(10-7-17-38)36-37(29)31/h4-6,8-9,11-16,18,29,38H,3,7,10,17,19H2,1-2H3,(H,34,39)(H,33,35,36). The van der Waals surface area contributed by atoms with Gasteiger partial charge in [0.25, 0.3) is 5.91 Å². The number of halogens is 1. The number of rotatable bonds is 11. The van der Waals surface area contributed by atoms with E-state index in [9.17, 15) is 14.3 Å². The molecule has 4 aromatic rings. The molecule has 1 atom stereocenters. The summed E-state index contributed by atoms with van der Waals surface area (Å²) >= 11 is 0. The lowest BCUT2D eigenvalue weighted by atomic mass is 9.94. The zero-order valence-electron chi connectivity index (χ0n) is 22.9. The molecule has 10 heteroatoms. The van der Waals surface area contributed by atoms with Gasteiger partial charge in [0.2, 0.25) is 5.95 Å². The van der Waals surface area contributed by atoms with Crippen molar-refractivity contribution in [3.8, 4) is 11.5 Å². The molecule has 0 saturated heterocycles. The molecule has 1 unspecified atom stereocenters. The lowest BCUT2D eigenvalue weighted by Gasteiger charge is -2.29. The van der Waals surface area contributed by atoms with Gasteiger partial charge >= 0.3 is 0 Å². The molecule has 212 valence electrons. The SMILES string of the molecule is CCOc1cc(C2C(C(=O)Nc3ccc(F)cc3)=C(C)Nc3nc(CCCO)nn32)ccc1OCc1ccccc1. The summed E-state index contributed by atoms with van der Waals surface area (Å²) in [7, 11) is 0. The van der Waals surface area contributed by atoms with Crippen LogP contribution in [0.25, 0.3) is 0 Å². The van der Waals surface area contributed by atoms with Gasteiger partial charge in [-0.2, -0.15) is 10.1 Å². The van der Waals surface area contributed by atoms with E-state index in [1.165, 1.54) is 24.3 Å². The van der Waals surface area contributed by atoms with Crippen LogP contribution < -0.4 is 20.1 Å². The number of amides is 1. The maximum atomic E-state index is 13.7. The second-order valence-electron chi connectivity index (χ2n) is 9.56. The number of fused-ring (bicyclic) bond motifs is 1. The average molecular weight is 558 g/mol. The van der Waals surface area contributed by atoms with Crippen molar-refractivity contribution in [2.45, 2.75) is 39.3 Å². The van der Waals surface area contributed by atoms with E-state index in [2.05, 4.69) is 15.6 Å². The van der Waals surface area contributed by atoms with E-state index >= 15 is 0 Å². The molecule has 0 bridgehead atoms. The van der Waals surface area contributed by atoms with Crippen molar-refractivity contribution < 1.29 is 23.8 Å². The minimum atomic E-state index is -0.649. The molecule has 0 radical (unpaired) electrons. The quantitative estimate of drug-likeness (QED) is 0.231. The van der Waals surface area contributed by atoms with Crippen molar-refractivity contribution in [1.29, 1.82) is 0 Å². The molecule has 9 nitrogen and oxygen atoms in total. The third kappa shape index (κ3) is 6.38. The number of carbonyl (C=O) groups is 1. The highest BCUT2D eigenvalue weighted by Gasteiger charge is 2.35. The summed E-state index contributed by atoms with van der Waals surface area (Å²) in [6.45, 7) is 4.51. The summed E-state index contributed by atoms with van der Waals surface area (Å²) in [4.78, 5) is 18.3. The normalized spacial score (nSPS) is 14.3. The molecule has 0 spiro atoms. The van der Waals surface area contributed by atoms with E-state index in [4.69, 9.17) is 14.6 Å². The molecule has 2 heterocycles. The van der Waals surface area contributed by atoms with Crippen molar-refractivity contribution >= 4 is 17.5 Å². The zero-order valence-corrected chi connectivity index (χ0v) is 22.9. The Labute approximate surface area is 237 Å². The highest BCUT2D eigenvalue weighted by molar-refractivity contribution is 6.06. The molecule has 0 fully saturated rings. The molecule has 3 aromatic carbocycles. The Morgan fingerprint density at radius 1 is 1.07 bits per heavy atom. The number of hydrogen-bond donors (Lipinski definition) is 3. The van der Waals surface area contributed by atoms with Crippen LogP contribution >= 0.6 is 0 Å². The molecule has 0 aliphatic carbocycles. The summed E-state index contributed by atoms with van der Waals surface area (Å²) in [5.74, 6) is 1.39. The van der Waals surface area contributed by atoms with Gasteiger partial charge in [0.15, 0.2) is 17.3 Å². The number of benzene rings is 3. The predicted molar refractivity (Wildman–Crippen MR) is 153 cm³/mol. The van der Waals surface area contributed by atoms with Gasteiger partial charge in [0.1, 0.15) is 18.5 Å². The number of anilines is 2. The van der Waals surface area contributed by atoms with Crippen molar-refractivity contribution in [3.05, 3.63) is 107 Å². The number of allylic oxidation sites excluding steroid dienone is 1. The fourth-order valence-corrected chi connectivity index (χ4v) is 4.69. The van der Waals surface area contributed by atoms with Gasteiger partial charge in [-0.3, -0.25) is 4.79 Å². The first-order chi connectivity index (χ1) is 20.0. The van der Waals surface area contributed by atoms with E-state index in [0.29, 0.717) is 66.3 Å². The molecule has 1 aromatic heterocycles. The number of aliphatic hydroxyl groups is 1. The lowest BCUT2D eigenvalue weighted by Crippen LogP contribution is -2.31. The number of aromatic nitrogens is 3. The third-order valence-electron chi connectivity index (χ3n) is 6.62. The van der Waals surface area contributed by atoms with Gasteiger partial charge in [-0.1, -0.05) is 36.4 Å². The Kier molecular flexibility index (Phi) is 8.59. The summed E-state index contributed by atoms with van der Waals surface area (Å²) in [5, 5.41) is 20.1. The molecular formula is C31H32FN5O4. The van der Waals surface area contributed by atoms with Crippen molar-refractivity contribution in [3.63, 3.8) is 0 Å². The van der Waals surface area contributed by atoms with Gasteiger partial charge in [0.05, 0.1) is 12.2 Å². The van der Waals surface area contributed by atoms with Crippen LogP contribution in [0.2, 0.25) is 0 Å². The first-order valence-electron chi connectivity index (χ1n) is 13.5. The molecule has 0 saturated carbocycles. The van der Waals surface area contributed by atoms with Crippen LogP contribution in [-0.4, -0.2) is 39.0 Å². The van der Waals surface area contributed by atoms with Crippen LogP contribution in [0.15, 0.2) is 84.1 Å². The predicted octanol–water partition coefficient (Wildman–Crippen LogP) is 5.25. The molecule has 1 amide bonds. The van der Waals surface area contributed by atoms with Gasteiger partial charge in [-0.15, -0.1) is 0 Å². The Hall–Kier alpha value is -4.70. The van der Waals surface area contributed by atoms with Crippen LogP contribution in [0.1, 0.15) is 43.3 Å². The topological polar surface area (TPSA) is 111 Å². The van der Waals surface area contributed by atoms with Crippen LogP contribution in [0.4, 0.5) is 16.0 Å². The van der Waals surface area contributed by atoms with E-state index in [0.717, 1.165) is 11.1 Å². The molecule has 3 N–H and O–H groups in total. The van der Waals surface area contributed by atoms with E-state index in [-0.39, 0.29) is 12.5 Å². The van der Waals surface area contributed by atoms with Gasteiger partial charge in [-0.25, -0.2) is 9.07 Å². The number of nitrogens with zero attached hydrogens (tertiary/aromatic N) is 3. The number of ether oxygens (including phenoxy) is 2. The van der Waals surface area contributed by atoms with Gasteiger partial charge < -0.3 is 25.2 Å². The van der Waals surface area contributed by atoms with E-state index < -0.39 is 11.9 Å². The molecule has 1 aliphatic rings. The second kappa shape index (κ2) is 12.6. The highest BCUT2D eigenvalue weighted by Crippen LogP contribution is 2.39. The number of aryl methyl sites for hydroxylation is 1. The van der Waals surface area contributed by atoms with E-state index in [1.807, 2.05) is 55.5 Å². The van der Waals surface area contributed by atoms with Gasteiger partial charge in [0, 0.05) is 24.4 Å². The smallest absolute Gasteiger partial charge is 0.255 e. The zero-order chi connectivity index (χ0) is 28.8. The Morgan fingerprint density at radius 2 is 1.85 bits per heavy atom. The summed E-state index contributed by atoms with van der Waals surface area (Å²) in [6, 6.07) is 20.4. The number of carbonyl (C=O) groups excluding carboxylic acids is 1. The van der Waals surface area contributed by atoms with Crippen molar-refractivity contribution in [1.82, 2.24) is 14.8 Å². The van der Waals surface area contributed by atoms with E-state index in [1.54, 1.807) is 11.6 Å². The first kappa shape index (κ1) is 27.9. The highest BCUT2D eigenvalue weighted by atomic mass is 19.1. The summed E-state index contributed by atoms with van der Waals surface area (Å²) in [6.07, 6.45) is 0.998. The minimum absolute atomic E-state index is 0.0193. The minimum Gasteiger partial charge on any atom is -0.490 e. The fraction of sp³-hybridized carbons (Fsp3) is 0.258. The third-order valence-corrected chi connectivity index (χ3v) is 6.62. The number of aliphatic hydroxyl groups excluding tert-OH is 1. The lowest BCUT2D eigenvalue weighted by molar-refractivity contribution is -0.113. The van der Waals surface area contributed by atoms with Crippen molar-refractivity contribution in [2.24, 2.45) is 0 Å². The van der Waals surface area contributed by atoms with Crippen LogP contribution in [-0.2, 0) is 17.8 Å². The first-order valence-corrected chi connectivity index (χ1v) is 13.5. The Bertz CT molecular complexity index is 1540. The average Bonchev–Trinajstić information content (AvgIpc) is 3.38. The van der Waals surface area contributed by atoms with Crippen LogP contribution in [0.3, 0.4) is 0 Å². The summed E-state index contributed by atoms with van der Waals surface area (Å²) < 4.78 is 27.2. The Balaban J connectivity index is 1.52. The van der Waals surface area contributed by atoms with Gasteiger partial charge in [-0.05, 0) is 67.8 Å². The molecule has 41 heavy (non-hydrogen) atoms. The van der Waals surface area contributed by atoms with Crippen molar-refractivity contribution in [2.75, 3.05) is 23.8 Å². The maximum absolute atomic E-state index is 13.7. The molecular weight excluding hydrogens is 525 g/mol. The fourth-order valence-electron chi connectivity index (χ4n) is 4.69. The number of nitrogens with one attached hydrogen (secondary N) is 2. The molecule has 1 aliphatic heterocycles. The Morgan fingerprint density at radius 3 is 2.59 bits per heavy atom. The monoisotopic (exact) mass is 557 g/mol. The van der Waals surface area contributed by atoms with Crippen LogP contribution in [0.5, 0.6) is 11.5 Å². The maximum Gasteiger partial charge on any atom is 0.255 e. The summed E-state index contributed by atoms with van der Waals surface area (Å²) in [5.41, 5.74) is 3.25. The van der Waals surface area contributed by atoms with Crippen LogP contribution in [0, 0.1) is 5.82 Å².